The van der Waals surface area contributed by atoms with Gasteiger partial charge >= 0.3 is 0 Å². The summed E-state index contributed by atoms with van der Waals surface area (Å²) in [6, 6.07) is 13.7. The Morgan fingerprint density at radius 1 is 0.966 bits per heavy atom. The van der Waals surface area contributed by atoms with Gasteiger partial charge in [0.15, 0.2) is 0 Å². The Kier molecular flexibility index (Phi) is 5.37. The summed E-state index contributed by atoms with van der Waals surface area (Å²) in [4.78, 5) is 30.1. The highest BCUT2D eigenvalue weighted by Crippen LogP contribution is 2.20. The number of benzene rings is 1. The molecule has 7 nitrogen and oxygen atoms in total. The molecule has 29 heavy (non-hydrogen) atoms. The van der Waals surface area contributed by atoms with Gasteiger partial charge in [-0.1, -0.05) is 18.2 Å². The number of anilines is 3. The molecule has 0 radical (unpaired) electrons. The van der Waals surface area contributed by atoms with Gasteiger partial charge in [-0.25, -0.2) is 15.0 Å². The van der Waals surface area contributed by atoms with Crippen LogP contribution in [0.4, 0.5) is 17.5 Å². The van der Waals surface area contributed by atoms with Gasteiger partial charge in [-0.15, -0.1) is 0 Å². The summed E-state index contributed by atoms with van der Waals surface area (Å²) < 4.78 is 0. The van der Waals surface area contributed by atoms with Crippen molar-refractivity contribution in [3.8, 4) is 0 Å². The minimum Gasteiger partial charge on any atom is -0.353 e. The Bertz CT molecular complexity index is 999. The molecule has 2 aromatic heterocycles. The van der Waals surface area contributed by atoms with E-state index in [0.29, 0.717) is 24.7 Å². The van der Waals surface area contributed by atoms with E-state index in [1.807, 2.05) is 49.1 Å². The Labute approximate surface area is 170 Å². The SMILES string of the molecule is Cc1ccc(C)c(Nc2nccc(C(=O)N3CCN(c4ccccn4)CC3)n2)c1. The fourth-order valence-electron chi connectivity index (χ4n) is 3.37. The smallest absolute Gasteiger partial charge is 0.272 e. The Hall–Kier alpha value is -3.48. The van der Waals surface area contributed by atoms with Crippen molar-refractivity contribution in [2.45, 2.75) is 13.8 Å². The van der Waals surface area contributed by atoms with Crippen LogP contribution in [-0.2, 0) is 0 Å². The topological polar surface area (TPSA) is 74.2 Å². The van der Waals surface area contributed by atoms with Crippen LogP contribution >= 0.6 is 0 Å². The lowest BCUT2D eigenvalue weighted by Crippen LogP contribution is -2.49. The maximum atomic E-state index is 12.9. The first-order valence-corrected chi connectivity index (χ1v) is 9.73. The summed E-state index contributed by atoms with van der Waals surface area (Å²) in [6.07, 6.45) is 3.41. The van der Waals surface area contributed by atoms with Crippen molar-refractivity contribution >= 4 is 23.4 Å². The zero-order chi connectivity index (χ0) is 20.2. The van der Waals surface area contributed by atoms with Gasteiger partial charge in [-0.05, 0) is 49.2 Å². The molecule has 1 N–H and O–H groups in total. The Balaban J connectivity index is 1.43. The van der Waals surface area contributed by atoms with Crippen LogP contribution in [0.2, 0.25) is 0 Å². The average molecular weight is 388 g/mol. The number of hydrogen-bond donors (Lipinski definition) is 1. The molecule has 1 amide bonds. The summed E-state index contributed by atoms with van der Waals surface area (Å²) in [6.45, 7) is 6.84. The van der Waals surface area contributed by atoms with E-state index >= 15 is 0 Å². The summed E-state index contributed by atoms with van der Waals surface area (Å²) in [5, 5.41) is 3.23. The summed E-state index contributed by atoms with van der Waals surface area (Å²) in [7, 11) is 0. The summed E-state index contributed by atoms with van der Waals surface area (Å²) in [5.74, 6) is 1.30. The number of aromatic nitrogens is 3. The lowest BCUT2D eigenvalue weighted by molar-refractivity contribution is 0.0740. The van der Waals surface area contributed by atoms with Crippen molar-refractivity contribution in [3.05, 3.63) is 71.7 Å². The highest BCUT2D eigenvalue weighted by Gasteiger charge is 2.24. The number of piperazine rings is 1. The second-order valence-corrected chi connectivity index (χ2v) is 7.18. The molecule has 3 aromatic rings. The zero-order valence-corrected chi connectivity index (χ0v) is 16.7. The highest BCUT2D eigenvalue weighted by molar-refractivity contribution is 5.92. The molecule has 3 heterocycles. The molecule has 0 saturated carbocycles. The van der Waals surface area contributed by atoms with Crippen molar-refractivity contribution in [2.24, 2.45) is 0 Å². The second-order valence-electron chi connectivity index (χ2n) is 7.18. The van der Waals surface area contributed by atoms with Crippen molar-refractivity contribution in [1.29, 1.82) is 0 Å². The van der Waals surface area contributed by atoms with Crippen LogP contribution in [0.1, 0.15) is 21.6 Å². The van der Waals surface area contributed by atoms with Gasteiger partial charge in [0.1, 0.15) is 11.5 Å². The van der Waals surface area contributed by atoms with E-state index in [9.17, 15) is 4.79 Å². The minimum atomic E-state index is -0.0721. The van der Waals surface area contributed by atoms with Gasteiger partial charge in [-0.2, -0.15) is 0 Å². The summed E-state index contributed by atoms with van der Waals surface area (Å²) >= 11 is 0. The molecule has 4 rings (SSSR count). The zero-order valence-electron chi connectivity index (χ0n) is 16.7. The largest absolute Gasteiger partial charge is 0.353 e. The molecule has 7 heteroatoms. The molecule has 0 bridgehead atoms. The predicted octanol–water partition coefficient (Wildman–Crippen LogP) is 3.19. The van der Waals surface area contributed by atoms with E-state index in [1.54, 1.807) is 18.5 Å². The number of aryl methyl sites for hydroxylation is 2. The monoisotopic (exact) mass is 388 g/mol. The number of pyridine rings is 1. The van der Waals surface area contributed by atoms with Crippen molar-refractivity contribution in [3.63, 3.8) is 0 Å². The minimum absolute atomic E-state index is 0.0721. The fourth-order valence-corrected chi connectivity index (χ4v) is 3.37. The van der Waals surface area contributed by atoms with Crippen LogP contribution < -0.4 is 10.2 Å². The molecule has 1 fully saturated rings. The number of hydrogen-bond acceptors (Lipinski definition) is 6. The van der Waals surface area contributed by atoms with Gasteiger partial charge in [0.2, 0.25) is 5.95 Å². The predicted molar refractivity (Wildman–Crippen MR) is 114 cm³/mol. The molecule has 0 aliphatic carbocycles. The molecule has 1 aromatic carbocycles. The number of carbonyl (C=O) groups excluding carboxylic acids is 1. The number of rotatable bonds is 4. The highest BCUT2D eigenvalue weighted by atomic mass is 16.2. The molecule has 1 aliphatic rings. The lowest BCUT2D eigenvalue weighted by Gasteiger charge is -2.35. The van der Waals surface area contributed by atoms with Crippen LogP contribution in [0.3, 0.4) is 0 Å². The van der Waals surface area contributed by atoms with Gasteiger partial charge in [0.25, 0.3) is 5.91 Å². The molecule has 0 unspecified atom stereocenters. The standard InChI is InChI=1S/C22H24N6O/c1-16-6-7-17(2)19(15-16)26-22-24-10-8-18(25-22)21(29)28-13-11-27(12-14-28)20-5-3-4-9-23-20/h3-10,15H,11-14H2,1-2H3,(H,24,25,26). The Morgan fingerprint density at radius 3 is 2.55 bits per heavy atom. The third-order valence-electron chi connectivity index (χ3n) is 5.05. The third-order valence-corrected chi connectivity index (χ3v) is 5.05. The maximum Gasteiger partial charge on any atom is 0.272 e. The number of nitrogens with one attached hydrogen (secondary N) is 1. The second kappa shape index (κ2) is 8.26. The van der Waals surface area contributed by atoms with Gasteiger partial charge in [0.05, 0.1) is 0 Å². The third kappa shape index (κ3) is 4.34. The van der Waals surface area contributed by atoms with E-state index in [2.05, 4.69) is 31.2 Å². The van der Waals surface area contributed by atoms with Gasteiger partial charge in [0, 0.05) is 44.3 Å². The van der Waals surface area contributed by atoms with Crippen molar-refractivity contribution in [2.75, 3.05) is 36.4 Å². The average Bonchev–Trinajstić information content (AvgIpc) is 2.77. The summed E-state index contributed by atoms with van der Waals surface area (Å²) in [5.41, 5.74) is 3.59. The number of amides is 1. The van der Waals surface area contributed by atoms with Gasteiger partial charge < -0.3 is 15.1 Å². The molecular weight excluding hydrogens is 364 g/mol. The van der Waals surface area contributed by atoms with E-state index in [4.69, 9.17) is 0 Å². The van der Waals surface area contributed by atoms with Crippen molar-refractivity contribution < 1.29 is 4.79 Å². The maximum absolute atomic E-state index is 12.9. The van der Waals surface area contributed by atoms with Crippen LogP contribution in [0, 0.1) is 13.8 Å². The van der Waals surface area contributed by atoms with E-state index in [0.717, 1.165) is 35.7 Å². The van der Waals surface area contributed by atoms with Crippen LogP contribution in [0.15, 0.2) is 54.9 Å². The van der Waals surface area contributed by atoms with Crippen molar-refractivity contribution in [1.82, 2.24) is 19.9 Å². The molecule has 148 valence electrons. The lowest BCUT2D eigenvalue weighted by atomic mass is 10.1. The first kappa shape index (κ1) is 18.9. The quantitative estimate of drug-likeness (QED) is 0.740. The molecular formula is C22H24N6O. The van der Waals surface area contributed by atoms with E-state index in [-0.39, 0.29) is 5.91 Å². The number of nitrogens with zero attached hydrogens (tertiary/aromatic N) is 5. The Morgan fingerprint density at radius 2 is 1.79 bits per heavy atom. The number of carbonyl (C=O) groups is 1. The van der Waals surface area contributed by atoms with Crippen LogP contribution in [0.5, 0.6) is 0 Å². The first-order valence-electron chi connectivity index (χ1n) is 9.73. The van der Waals surface area contributed by atoms with Crippen LogP contribution in [-0.4, -0.2) is 51.9 Å². The molecule has 0 atom stereocenters. The normalized spacial score (nSPS) is 14.0. The first-order chi connectivity index (χ1) is 14.1. The van der Waals surface area contributed by atoms with Crippen LogP contribution in [0.25, 0.3) is 0 Å². The van der Waals surface area contributed by atoms with E-state index in [1.165, 1.54) is 0 Å². The molecule has 1 aliphatic heterocycles. The molecule has 1 saturated heterocycles. The fraction of sp³-hybridized carbons (Fsp3) is 0.273. The molecule has 0 spiro atoms. The van der Waals surface area contributed by atoms with E-state index < -0.39 is 0 Å². The van der Waals surface area contributed by atoms with Gasteiger partial charge in [-0.3, -0.25) is 4.79 Å².